The van der Waals surface area contributed by atoms with Crippen LogP contribution in [0.3, 0.4) is 0 Å². The van der Waals surface area contributed by atoms with Gasteiger partial charge in [0, 0.05) is 18.9 Å². The number of aromatic nitrogens is 3. The molecule has 3 rings (SSSR count). The van der Waals surface area contributed by atoms with Crippen molar-refractivity contribution in [2.45, 2.75) is 44.4 Å². The summed E-state index contributed by atoms with van der Waals surface area (Å²) in [6.07, 6.45) is 6.48. The lowest BCUT2D eigenvalue weighted by molar-refractivity contribution is -0.119. The number of aryl methyl sites for hydroxylation is 1. The number of carbonyl (C=O) groups is 1. The van der Waals surface area contributed by atoms with Crippen molar-refractivity contribution in [2.24, 2.45) is 13.0 Å². The molecule has 0 spiro atoms. The zero-order chi connectivity index (χ0) is 13.9. The minimum atomic E-state index is 0. The predicted octanol–water partition coefficient (Wildman–Crippen LogP) is 1.83. The van der Waals surface area contributed by atoms with Crippen LogP contribution >= 0.6 is 12.4 Å². The first-order valence-corrected chi connectivity index (χ1v) is 7.66. The van der Waals surface area contributed by atoms with Crippen molar-refractivity contribution in [3.8, 4) is 0 Å². The van der Waals surface area contributed by atoms with Crippen molar-refractivity contribution in [1.29, 1.82) is 0 Å². The maximum Gasteiger partial charge on any atom is 0.229 e. The number of anilines is 1. The second kappa shape index (κ2) is 7.22. The van der Waals surface area contributed by atoms with Gasteiger partial charge in [0.15, 0.2) is 5.82 Å². The third-order valence-corrected chi connectivity index (χ3v) is 4.44. The number of amides is 1. The van der Waals surface area contributed by atoms with E-state index in [1.807, 2.05) is 7.05 Å². The molecule has 0 bridgehead atoms. The quantitative estimate of drug-likeness (QED) is 0.893. The van der Waals surface area contributed by atoms with Gasteiger partial charge in [0.25, 0.3) is 0 Å². The Morgan fingerprint density at radius 1 is 1.24 bits per heavy atom. The fourth-order valence-electron chi connectivity index (χ4n) is 3.17. The zero-order valence-electron chi connectivity index (χ0n) is 12.5. The van der Waals surface area contributed by atoms with Crippen LogP contribution in [0, 0.1) is 5.92 Å². The average Bonchev–Trinajstić information content (AvgIpc) is 3.10. The second-order valence-corrected chi connectivity index (χ2v) is 5.91. The first kappa shape index (κ1) is 16.2. The summed E-state index contributed by atoms with van der Waals surface area (Å²) in [6, 6.07) is 0. The second-order valence-electron chi connectivity index (χ2n) is 5.91. The summed E-state index contributed by atoms with van der Waals surface area (Å²) in [6.45, 7) is 2.04. The van der Waals surface area contributed by atoms with Gasteiger partial charge in [-0.3, -0.25) is 10.1 Å². The summed E-state index contributed by atoms with van der Waals surface area (Å²) in [4.78, 5) is 16.7. The van der Waals surface area contributed by atoms with Crippen LogP contribution in [0.2, 0.25) is 0 Å². The van der Waals surface area contributed by atoms with E-state index >= 15 is 0 Å². The third kappa shape index (κ3) is 3.74. The zero-order valence-corrected chi connectivity index (χ0v) is 13.3. The van der Waals surface area contributed by atoms with E-state index in [1.165, 1.54) is 0 Å². The molecule has 2 aliphatic rings. The van der Waals surface area contributed by atoms with E-state index in [2.05, 4.69) is 20.7 Å². The highest BCUT2D eigenvalue weighted by Crippen LogP contribution is 2.27. The fourth-order valence-corrected chi connectivity index (χ4v) is 3.17. The van der Waals surface area contributed by atoms with Crippen LogP contribution in [-0.4, -0.2) is 33.8 Å². The number of hydrogen-bond acceptors (Lipinski definition) is 4. The average molecular weight is 314 g/mol. The van der Waals surface area contributed by atoms with Gasteiger partial charge in [-0.05, 0) is 38.8 Å². The van der Waals surface area contributed by atoms with Crippen molar-refractivity contribution in [1.82, 2.24) is 20.1 Å². The van der Waals surface area contributed by atoms with Crippen molar-refractivity contribution in [3.63, 3.8) is 0 Å². The predicted molar refractivity (Wildman–Crippen MR) is 83.7 cm³/mol. The molecule has 2 N–H and O–H groups in total. The van der Waals surface area contributed by atoms with Gasteiger partial charge in [0.1, 0.15) is 0 Å². The first-order chi connectivity index (χ1) is 9.74. The lowest BCUT2D eigenvalue weighted by Crippen LogP contribution is -2.27. The summed E-state index contributed by atoms with van der Waals surface area (Å²) in [7, 11) is 1.85. The molecule has 0 radical (unpaired) electrons. The molecule has 0 unspecified atom stereocenters. The van der Waals surface area contributed by atoms with E-state index in [9.17, 15) is 4.79 Å². The molecule has 1 aliphatic heterocycles. The Balaban J connectivity index is 0.00000161. The molecule has 1 aliphatic carbocycles. The lowest BCUT2D eigenvalue weighted by atomic mass is 9.98. The van der Waals surface area contributed by atoms with Crippen LogP contribution < -0.4 is 10.6 Å². The van der Waals surface area contributed by atoms with E-state index in [0.29, 0.717) is 11.9 Å². The van der Waals surface area contributed by atoms with Gasteiger partial charge < -0.3 is 5.32 Å². The molecular formula is C14H24ClN5O. The number of nitrogens with one attached hydrogen (secondary N) is 2. The van der Waals surface area contributed by atoms with Gasteiger partial charge in [-0.2, -0.15) is 10.1 Å². The van der Waals surface area contributed by atoms with E-state index in [-0.39, 0.29) is 24.2 Å². The maximum atomic E-state index is 12.2. The molecule has 1 saturated heterocycles. The largest absolute Gasteiger partial charge is 0.317 e. The number of piperidine rings is 1. The molecule has 6 nitrogen and oxygen atoms in total. The van der Waals surface area contributed by atoms with E-state index < -0.39 is 0 Å². The Hall–Kier alpha value is -1.14. The molecule has 1 saturated carbocycles. The smallest absolute Gasteiger partial charge is 0.229 e. The van der Waals surface area contributed by atoms with Crippen molar-refractivity contribution < 1.29 is 4.79 Å². The monoisotopic (exact) mass is 313 g/mol. The molecule has 1 aromatic rings. The Labute approximate surface area is 131 Å². The van der Waals surface area contributed by atoms with Crippen LogP contribution in [0.1, 0.15) is 50.3 Å². The van der Waals surface area contributed by atoms with Crippen LogP contribution in [0.5, 0.6) is 0 Å². The van der Waals surface area contributed by atoms with Crippen LogP contribution in [0.4, 0.5) is 5.95 Å². The molecule has 2 fully saturated rings. The summed E-state index contributed by atoms with van der Waals surface area (Å²) in [5, 5.41) is 10.8. The summed E-state index contributed by atoms with van der Waals surface area (Å²) in [5.41, 5.74) is 0. The molecule has 2 heterocycles. The van der Waals surface area contributed by atoms with Crippen LogP contribution in [0.25, 0.3) is 0 Å². The Bertz CT molecular complexity index is 478. The minimum Gasteiger partial charge on any atom is -0.317 e. The highest BCUT2D eigenvalue weighted by atomic mass is 35.5. The molecule has 0 atom stereocenters. The summed E-state index contributed by atoms with van der Waals surface area (Å²) < 4.78 is 1.70. The van der Waals surface area contributed by atoms with Gasteiger partial charge in [0.05, 0.1) is 0 Å². The van der Waals surface area contributed by atoms with E-state index in [0.717, 1.165) is 57.4 Å². The first-order valence-electron chi connectivity index (χ1n) is 7.66. The minimum absolute atomic E-state index is 0. The normalized spacial score (nSPS) is 20.2. The van der Waals surface area contributed by atoms with Gasteiger partial charge in [0.2, 0.25) is 11.9 Å². The summed E-state index contributed by atoms with van der Waals surface area (Å²) in [5.74, 6) is 2.15. The lowest BCUT2D eigenvalue weighted by Gasteiger charge is -2.19. The number of halogens is 1. The van der Waals surface area contributed by atoms with Crippen molar-refractivity contribution >= 4 is 24.3 Å². The Morgan fingerprint density at radius 3 is 2.57 bits per heavy atom. The van der Waals surface area contributed by atoms with Crippen molar-refractivity contribution in [2.75, 3.05) is 18.4 Å². The molecular weight excluding hydrogens is 290 g/mol. The highest BCUT2D eigenvalue weighted by molar-refractivity contribution is 5.91. The highest BCUT2D eigenvalue weighted by Gasteiger charge is 2.25. The van der Waals surface area contributed by atoms with Gasteiger partial charge >= 0.3 is 0 Å². The number of nitrogens with zero attached hydrogens (tertiary/aromatic N) is 3. The van der Waals surface area contributed by atoms with Crippen LogP contribution in [-0.2, 0) is 11.8 Å². The molecule has 21 heavy (non-hydrogen) atoms. The summed E-state index contributed by atoms with van der Waals surface area (Å²) >= 11 is 0. The number of hydrogen-bond donors (Lipinski definition) is 2. The Morgan fingerprint density at radius 2 is 1.90 bits per heavy atom. The fraction of sp³-hybridized carbons (Fsp3) is 0.786. The number of rotatable bonds is 3. The molecule has 118 valence electrons. The van der Waals surface area contributed by atoms with Gasteiger partial charge in [-0.15, -0.1) is 12.4 Å². The van der Waals surface area contributed by atoms with Gasteiger partial charge in [-0.25, -0.2) is 4.68 Å². The number of carbonyl (C=O) groups excluding carboxylic acids is 1. The third-order valence-electron chi connectivity index (χ3n) is 4.44. The SMILES string of the molecule is Cl.Cn1nc(C2CCNCC2)nc1NC(=O)C1CCCC1. The maximum absolute atomic E-state index is 12.2. The molecule has 1 aromatic heterocycles. The van der Waals surface area contributed by atoms with Gasteiger partial charge in [-0.1, -0.05) is 12.8 Å². The Kier molecular flexibility index (Phi) is 5.58. The van der Waals surface area contributed by atoms with E-state index in [4.69, 9.17) is 0 Å². The molecule has 0 aromatic carbocycles. The molecule has 1 amide bonds. The van der Waals surface area contributed by atoms with Crippen LogP contribution in [0.15, 0.2) is 0 Å². The molecule has 7 heteroatoms. The van der Waals surface area contributed by atoms with Crippen molar-refractivity contribution in [3.05, 3.63) is 5.82 Å². The standard InChI is InChI=1S/C14H23N5O.ClH/c1-19-14(17-13(20)11-4-2-3-5-11)16-12(18-19)10-6-8-15-9-7-10;/h10-11,15H,2-9H2,1H3,(H,16,17,18,20);1H. The topological polar surface area (TPSA) is 71.8 Å². The van der Waals surface area contributed by atoms with E-state index in [1.54, 1.807) is 4.68 Å².